The molecule has 3 aromatic rings. The highest BCUT2D eigenvalue weighted by Crippen LogP contribution is 2.27. The average molecular weight is 612 g/mol. The molecule has 9 heteroatoms. The molecule has 0 aromatic heterocycles. The van der Waals surface area contributed by atoms with Crippen LogP contribution in [-0.2, 0) is 28.3 Å². The number of nitrogens with one attached hydrogen (secondary N) is 1. The predicted molar refractivity (Wildman–Crippen MR) is 161 cm³/mol. The van der Waals surface area contributed by atoms with Crippen molar-refractivity contribution in [2.45, 2.75) is 51.1 Å². The van der Waals surface area contributed by atoms with Crippen LogP contribution in [0.2, 0.25) is 20.1 Å². The molecule has 3 rings (SSSR count). The third-order valence-corrected chi connectivity index (χ3v) is 8.42. The Morgan fingerprint density at radius 1 is 0.895 bits per heavy atom. The number of carbonyl (C=O) groups is 2. The van der Waals surface area contributed by atoms with Crippen LogP contribution in [0.3, 0.4) is 0 Å². The van der Waals surface area contributed by atoms with Crippen LogP contribution in [0.4, 0.5) is 0 Å². The van der Waals surface area contributed by atoms with Crippen LogP contribution >= 0.6 is 58.2 Å². The van der Waals surface area contributed by atoms with E-state index in [1.807, 2.05) is 50.2 Å². The number of halogens is 4. The van der Waals surface area contributed by atoms with Gasteiger partial charge in [-0.2, -0.15) is 0 Å². The van der Waals surface area contributed by atoms with Crippen LogP contribution in [0.15, 0.2) is 66.7 Å². The summed E-state index contributed by atoms with van der Waals surface area (Å²) in [4.78, 5) is 28.9. The summed E-state index contributed by atoms with van der Waals surface area (Å²) in [7, 11) is 0. The van der Waals surface area contributed by atoms with Gasteiger partial charge in [-0.25, -0.2) is 0 Å². The number of amides is 2. The summed E-state index contributed by atoms with van der Waals surface area (Å²) in [5.41, 5.74) is 2.63. The van der Waals surface area contributed by atoms with Crippen LogP contribution in [0.5, 0.6) is 0 Å². The summed E-state index contributed by atoms with van der Waals surface area (Å²) in [6.07, 6.45) is 1.15. The van der Waals surface area contributed by atoms with Crippen molar-refractivity contribution in [3.8, 4) is 0 Å². The van der Waals surface area contributed by atoms with Crippen LogP contribution in [0.25, 0.3) is 0 Å². The zero-order valence-electron chi connectivity index (χ0n) is 21.2. The molecule has 0 aliphatic rings. The lowest BCUT2D eigenvalue weighted by Gasteiger charge is -2.32. The fourth-order valence-corrected chi connectivity index (χ4v) is 5.44. The average Bonchev–Trinajstić information content (AvgIpc) is 2.89. The number of hydrogen-bond acceptors (Lipinski definition) is 3. The molecule has 3 aromatic carbocycles. The van der Waals surface area contributed by atoms with E-state index in [0.717, 1.165) is 17.5 Å². The Bertz CT molecular complexity index is 1240. The molecule has 0 heterocycles. The van der Waals surface area contributed by atoms with Gasteiger partial charge in [0.1, 0.15) is 6.04 Å². The number of hydrogen-bond donors (Lipinski definition) is 1. The van der Waals surface area contributed by atoms with Crippen LogP contribution in [0.1, 0.15) is 37.0 Å². The van der Waals surface area contributed by atoms with E-state index in [2.05, 4.69) is 5.32 Å². The molecule has 0 saturated heterocycles. The molecule has 0 fully saturated rings. The van der Waals surface area contributed by atoms with E-state index >= 15 is 0 Å². The number of thioether (sulfide) groups is 1. The molecule has 0 unspecified atom stereocenters. The lowest BCUT2D eigenvalue weighted by atomic mass is 10.0. The van der Waals surface area contributed by atoms with E-state index in [0.29, 0.717) is 37.8 Å². The Kier molecular flexibility index (Phi) is 12.1. The van der Waals surface area contributed by atoms with Gasteiger partial charge in [0.05, 0.1) is 15.8 Å². The van der Waals surface area contributed by atoms with E-state index in [-0.39, 0.29) is 30.2 Å². The van der Waals surface area contributed by atoms with Crippen LogP contribution < -0.4 is 5.32 Å². The van der Waals surface area contributed by atoms with E-state index in [1.54, 1.807) is 35.2 Å². The first kappa shape index (κ1) is 30.6. The van der Waals surface area contributed by atoms with E-state index < -0.39 is 6.04 Å². The van der Waals surface area contributed by atoms with Gasteiger partial charge in [0.15, 0.2) is 0 Å². The summed E-state index contributed by atoms with van der Waals surface area (Å²) in [6.45, 7) is 4.13. The number of nitrogens with zero attached hydrogens (tertiary/aromatic N) is 1. The fraction of sp³-hybridized carbons (Fsp3) is 0.310. The van der Waals surface area contributed by atoms with Gasteiger partial charge < -0.3 is 10.2 Å². The minimum Gasteiger partial charge on any atom is -0.352 e. The smallest absolute Gasteiger partial charge is 0.243 e. The predicted octanol–water partition coefficient (Wildman–Crippen LogP) is 8.09. The quantitative estimate of drug-likeness (QED) is 0.225. The first-order chi connectivity index (χ1) is 18.2. The Labute approximate surface area is 249 Å². The molecule has 4 nitrogen and oxygen atoms in total. The maximum absolute atomic E-state index is 13.7. The lowest BCUT2D eigenvalue weighted by Crippen LogP contribution is -2.52. The number of benzene rings is 3. The van der Waals surface area contributed by atoms with Gasteiger partial charge in [-0.15, -0.1) is 11.8 Å². The molecule has 0 radical (unpaired) electrons. The molecule has 2 atom stereocenters. The summed E-state index contributed by atoms with van der Waals surface area (Å²) in [5, 5.41) is 4.97. The van der Waals surface area contributed by atoms with Crippen molar-refractivity contribution < 1.29 is 9.59 Å². The molecular formula is C29H30Cl4N2O2S. The van der Waals surface area contributed by atoms with Gasteiger partial charge in [-0.3, -0.25) is 9.59 Å². The van der Waals surface area contributed by atoms with Crippen molar-refractivity contribution in [1.29, 1.82) is 0 Å². The second-order valence-corrected chi connectivity index (χ2v) is 11.7. The van der Waals surface area contributed by atoms with Crippen molar-refractivity contribution in [2.24, 2.45) is 0 Å². The van der Waals surface area contributed by atoms with Gasteiger partial charge in [0.25, 0.3) is 0 Å². The second kappa shape index (κ2) is 15.0. The number of carbonyl (C=O) groups excluding carboxylic acids is 2. The normalized spacial score (nSPS) is 12.6. The molecule has 38 heavy (non-hydrogen) atoms. The molecule has 1 N–H and O–H groups in total. The third kappa shape index (κ3) is 9.10. The largest absolute Gasteiger partial charge is 0.352 e. The Hall–Kier alpha value is -1.89. The minimum absolute atomic E-state index is 0.0270. The zero-order valence-corrected chi connectivity index (χ0v) is 25.1. The van der Waals surface area contributed by atoms with Crippen molar-refractivity contribution in [3.63, 3.8) is 0 Å². The molecule has 0 bridgehead atoms. The highest BCUT2D eigenvalue weighted by molar-refractivity contribution is 7.99. The fourth-order valence-electron chi connectivity index (χ4n) is 3.80. The van der Waals surface area contributed by atoms with Gasteiger partial charge >= 0.3 is 0 Å². The Morgan fingerprint density at radius 3 is 2.29 bits per heavy atom. The molecule has 0 spiro atoms. The SMILES string of the molecule is CC[C@H](C)NC(=O)[C@@H](Cc1ccccc1)N(Cc1ccc(Cl)cc1Cl)C(=O)CSCc1ccc(Cl)c(Cl)c1. The topological polar surface area (TPSA) is 49.4 Å². The van der Waals surface area contributed by atoms with Crippen molar-refractivity contribution in [3.05, 3.63) is 104 Å². The van der Waals surface area contributed by atoms with Crippen LogP contribution in [-0.4, -0.2) is 34.6 Å². The lowest BCUT2D eigenvalue weighted by molar-refractivity contribution is -0.139. The first-order valence-corrected chi connectivity index (χ1v) is 14.9. The molecule has 202 valence electrons. The molecular weight excluding hydrogens is 582 g/mol. The minimum atomic E-state index is -0.726. The zero-order chi connectivity index (χ0) is 27.7. The second-order valence-electron chi connectivity index (χ2n) is 9.02. The maximum Gasteiger partial charge on any atom is 0.243 e. The Balaban J connectivity index is 1.88. The summed E-state index contributed by atoms with van der Waals surface area (Å²) >= 11 is 26.2. The van der Waals surface area contributed by atoms with E-state index in [9.17, 15) is 9.59 Å². The molecule has 0 saturated carbocycles. The van der Waals surface area contributed by atoms with E-state index in [4.69, 9.17) is 46.4 Å². The highest BCUT2D eigenvalue weighted by Gasteiger charge is 2.31. The maximum atomic E-state index is 13.7. The monoisotopic (exact) mass is 610 g/mol. The van der Waals surface area contributed by atoms with Gasteiger partial charge in [-0.05, 0) is 54.3 Å². The Morgan fingerprint density at radius 2 is 1.63 bits per heavy atom. The molecule has 0 aliphatic carbocycles. The van der Waals surface area contributed by atoms with Gasteiger partial charge in [0.2, 0.25) is 11.8 Å². The van der Waals surface area contributed by atoms with Gasteiger partial charge in [-0.1, -0.05) is 95.8 Å². The summed E-state index contributed by atoms with van der Waals surface area (Å²) in [5.74, 6) is 0.381. The van der Waals surface area contributed by atoms with Gasteiger partial charge in [0, 0.05) is 34.8 Å². The molecule has 0 aliphatic heterocycles. The van der Waals surface area contributed by atoms with E-state index in [1.165, 1.54) is 11.8 Å². The van der Waals surface area contributed by atoms with Crippen LogP contribution in [0, 0.1) is 0 Å². The number of rotatable bonds is 12. The third-order valence-electron chi connectivity index (χ3n) is 6.11. The molecule has 2 amide bonds. The highest BCUT2D eigenvalue weighted by atomic mass is 35.5. The first-order valence-electron chi connectivity index (χ1n) is 12.3. The van der Waals surface area contributed by atoms with Crippen molar-refractivity contribution in [2.75, 3.05) is 5.75 Å². The van der Waals surface area contributed by atoms with Crippen molar-refractivity contribution in [1.82, 2.24) is 10.2 Å². The van der Waals surface area contributed by atoms with Crippen molar-refractivity contribution >= 4 is 70.0 Å². The summed E-state index contributed by atoms with van der Waals surface area (Å²) < 4.78 is 0. The standard InChI is InChI=1S/C29H30Cl4N2O2S/c1-3-19(2)34-29(37)27(14-20-7-5-4-6-8-20)35(16-22-10-11-23(30)15-25(22)32)28(36)18-38-17-21-9-12-24(31)26(33)13-21/h4-13,15,19,27H,3,14,16-18H2,1-2H3,(H,34,37)/t19-,27+/m0/s1. The summed E-state index contributed by atoms with van der Waals surface area (Å²) in [6, 6.07) is 19.5.